The molecule has 0 fully saturated rings. The zero-order valence-corrected chi connectivity index (χ0v) is 10.7. The second kappa shape index (κ2) is 5.51. The van der Waals surface area contributed by atoms with Gasteiger partial charge in [0.15, 0.2) is 0 Å². The van der Waals surface area contributed by atoms with E-state index < -0.39 is 0 Å². The van der Waals surface area contributed by atoms with Gasteiger partial charge in [0.25, 0.3) is 0 Å². The Kier molecular flexibility index (Phi) is 3.78. The van der Waals surface area contributed by atoms with Crippen LogP contribution in [-0.4, -0.2) is 16.3 Å². The van der Waals surface area contributed by atoms with Gasteiger partial charge in [0, 0.05) is 29.1 Å². The molecule has 86 valence electrons. The van der Waals surface area contributed by atoms with Crippen LogP contribution in [0.3, 0.4) is 0 Å². The Morgan fingerprint density at radius 3 is 3.00 bits per heavy atom. The summed E-state index contributed by atoms with van der Waals surface area (Å²) in [6.45, 7) is 1.56. The lowest BCUT2D eigenvalue weighted by atomic mass is 10.2. The number of aromatic nitrogens is 2. The van der Waals surface area contributed by atoms with E-state index >= 15 is 0 Å². The van der Waals surface area contributed by atoms with Crippen molar-refractivity contribution < 1.29 is 0 Å². The molecule has 1 N–H and O–H groups in total. The molecule has 0 aliphatic rings. The minimum atomic E-state index is 0.640. The van der Waals surface area contributed by atoms with Gasteiger partial charge < -0.3 is 5.32 Å². The Bertz CT molecular complexity index is 528. The Morgan fingerprint density at radius 2 is 2.29 bits per heavy atom. The fourth-order valence-corrected chi connectivity index (χ4v) is 2.00. The quantitative estimate of drug-likeness (QED) is 0.942. The first-order chi connectivity index (χ1) is 8.28. The highest BCUT2D eigenvalue weighted by atomic mass is 79.9. The summed E-state index contributed by atoms with van der Waals surface area (Å²) in [4.78, 5) is 0. The lowest BCUT2D eigenvalue weighted by molar-refractivity contribution is 0.638. The molecule has 0 spiro atoms. The number of hydrogen-bond acceptors (Lipinski definition) is 3. The van der Waals surface area contributed by atoms with E-state index in [-0.39, 0.29) is 0 Å². The SMILES string of the molecule is N#Cc1cc(Br)cc(NCCn2cccn2)c1. The van der Waals surface area contributed by atoms with Crippen molar-refractivity contribution in [3.63, 3.8) is 0 Å². The van der Waals surface area contributed by atoms with Crippen molar-refractivity contribution in [2.75, 3.05) is 11.9 Å². The monoisotopic (exact) mass is 290 g/mol. The average molecular weight is 291 g/mol. The van der Waals surface area contributed by atoms with Gasteiger partial charge in [-0.2, -0.15) is 10.4 Å². The lowest BCUT2D eigenvalue weighted by Gasteiger charge is -2.07. The van der Waals surface area contributed by atoms with Gasteiger partial charge in [-0.25, -0.2) is 0 Å². The molecule has 0 bridgehead atoms. The molecule has 0 unspecified atom stereocenters. The van der Waals surface area contributed by atoms with Crippen LogP contribution in [0.4, 0.5) is 5.69 Å². The first-order valence-corrected chi connectivity index (χ1v) is 5.99. The van der Waals surface area contributed by atoms with E-state index in [9.17, 15) is 0 Å². The summed E-state index contributed by atoms with van der Waals surface area (Å²) in [6, 6.07) is 9.59. The van der Waals surface area contributed by atoms with Gasteiger partial charge in [0.1, 0.15) is 0 Å². The minimum absolute atomic E-state index is 0.640. The third-order valence-electron chi connectivity index (χ3n) is 2.26. The molecule has 5 heteroatoms. The van der Waals surface area contributed by atoms with Crippen LogP contribution in [0.2, 0.25) is 0 Å². The lowest BCUT2D eigenvalue weighted by Crippen LogP contribution is -2.10. The van der Waals surface area contributed by atoms with E-state index in [4.69, 9.17) is 5.26 Å². The van der Waals surface area contributed by atoms with Crippen LogP contribution < -0.4 is 5.32 Å². The van der Waals surface area contributed by atoms with Crippen molar-refractivity contribution in [3.05, 3.63) is 46.7 Å². The third-order valence-corrected chi connectivity index (χ3v) is 2.71. The largest absolute Gasteiger partial charge is 0.383 e. The van der Waals surface area contributed by atoms with Crippen LogP contribution in [0.15, 0.2) is 41.1 Å². The molecule has 0 radical (unpaired) electrons. The van der Waals surface area contributed by atoms with Crippen molar-refractivity contribution in [2.45, 2.75) is 6.54 Å². The van der Waals surface area contributed by atoms with Gasteiger partial charge in [0.05, 0.1) is 18.2 Å². The van der Waals surface area contributed by atoms with E-state index in [1.807, 2.05) is 29.1 Å². The smallest absolute Gasteiger partial charge is 0.0992 e. The van der Waals surface area contributed by atoms with E-state index in [0.717, 1.165) is 23.2 Å². The molecule has 1 aromatic heterocycles. The average Bonchev–Trinajstić information content (AvgIpc) is 2.81. The summed E-state index contributed by atoms with van der Waals surface area (Å²) in [5, 5.41) is 16.2. The van der Waals surface area contributed by atoms with Crippen LogP contribution in [0, 0.1) is 11.3 Å². The fourth-order valence-electron chi connectivity index (χ4n) is 1.50. The molecule has 0 aliphatic carbocycles. The van der Waals surface area contributed by atoms with Gasteiger partial charge in [0.2, 0.25) is 0 Å². The number of nitrogens with one attached hydrogen (secondary N) is 1. The predicted molar refractivity (Wildman–Crippen MR) is 69.6 cm³/mol. The number of rotatable bonds is 4. The molecule has 1 heterocycles. The van der Waals surface area contributed by atoms with Crippen molar-refractivity contribution in [3.8, 4) is 6.07 Å². The van der Waals surface area contributed by atoms with Gasteiger partial charge in [-0.1, -0.05) is 15.9 Å². The first-order valence-electron chi connectivity index (χ1n) is 5.20. The molecule has 2 rings (SSSR count). The van der Waals surface area contributed by atoms with Crippen LogP contribution >= 0.6 is 15.9 Å². The van der Waals surface area contributed by atoms with Crippen molar-refractivity contribution >= 4 is 21.6 Å². The van der Waals surface area contributed by atoms with E-state index in [1.165, 1.54) is 0 Å². The van der Waals surface area contributed by atoms with Crippen LogP contribution in [-0.2, 0) is 6.54 Å². The maximum Gasteiger partial charge on any atom is 0.0992 e. The molecule has 1 aromatic carbocycles. The van der Waals surface area contributed by atoms with Crippen LogP contribution in [0.1, 0.15) is 5.56 Å². The third kappa shape index (κ3) is 3.33. The standard InChI is InChI=1S/C12H11BrN4/c13-11-6-10(9-14)7-12(8-11)15-3-5-17-4-1-2-16-17/h1-2,4,6-8,15H,3,5H2. The highest BCUT2D eigenvalue weighted by molar-refractivity contribution is 9.10. The molecule has 17 heavy (non-hydrogen) atoms. The molecule has 0 aliphatic heterocycles. The molecular weight excluding hydrogens is 280 g/mol. The number of hydrogen-bond donors (Lipinski definition) is 1. The second-order valence-electron chi connectivity index (χ2n) is 3.54. The number of anilines is 1. The zero-order chi connectivity index (χ0) is 12.1. The van der Waals surface area contributed by atoms with Crippen molar-refractivity contribution in [1.29, 1.82) is 5.26 Å². The number of nitriles is 1. The second-order valence-corrected chi connectivity index (χ2v) is 4.45. The Labute approximate surface area is 108 Å². The van der Waals surface area contributed by atoms with Crippen LogP contribution in [0.25, 0.3) is 0 Å². The van der Waals surface area contributed by atoms with Crippen molar-refractivity contribution in [1.82, 2.24) is 9.78 Å². The molecule has 0 amide bonds. The zero-order valence-electron chi connectivity index (χ0n) is 9.10. The number of halogens is 1. The molecule has 2 aromatic rings. The molecule has 4 nitrogen and oxygen atoms in total. The maximum atomic E-state index is 8.85. The molecular formula is C12H11BrN4. The van der Waals surface area contributed by atoms with Crippen LogP contribution in [0.5, 0.6) is 0 Å². The van der Waals surface area contributed by atoms with Gasteiger partial charge in [-0.05, 0) is 24.3 Å². The highest BCUT2D eigenvalue weighted by Gasteiger charge is 1.98. The topological polar surface area (TPSA) is 53.6 Å². The molecule has 0 atom stereocenters. The van der Waals surface area contributed by atoms with E-state index in [0.29, 0.717) is 5.56 Å². The summed E-state index contributed by atoms with van der Waals surface area (Å²) in [5.74, 6) is 0. The minimum Gasteiger partial charge on any atom is -0.383 e. The normalized spacial score (nSPS) is 9.88. The highest BCUT2D eigenvalue weighted by Crippen LogP contribution is 2.18. The summed E-state index contributed by atoms with van der Waals surface area (Å²) >= 11 is 3.38. The van der Waals surface area contributed by atoms with E-state index in [1.54, 1.807) is 12.3 Å². The summed E-state index contributed by atoms with van der Waals surface area (Å²) < 4.78 is 2.76. The summed E-state index contributed by atoms with van der Waals surface area (Å²) in [7, 11) is 0. The number of nitrogens with zero attached hydrogens (tertiary/aromatic N) is 3. The number of benzene rings is 1. The first kappa shape index (κ1) is 11.7. The molecule has 0 saturated carbocycles. The summed E-state index contributed by atoms with van der Waals surface area (Å²) in [6.07, 6.45) is 3.68. The van der Waals surface area contributed by atoms with Gasteiger partial charge >= 0.3 is 0 Å². The summed E-state index contributed by atoms with van der Waals surface area (Å²) in [5.41, 5.74) is 1.57. The maximum absolute atomic E-state index is 8.85. The van der Waals surface area contributed by atoms with E-state index in [2.05, 4.69) is 32.4 Å². The predicted octanol–water partition coefficient (Wildman–Crippen LogP) is 2.63. The molecule has 0 saturated heterocycles. The Morgan fingerprint density at radius 1 is 1.41 bits per heavy atom. The van der Waals surface area contributed by atoms with Crippen molar-refractivity contribution in [2.24, 2.45) is 0 Å². The van der Waals surface area contributed by atoms with Gasteiger partial charge in [-0.15, -0.1) is 0 Å². The Hall–Kier alpha value is -1.80. The van der Waals surface area contributed by atoms with Gasteiger partial charge in [-0.3, -0.25) is 4.68 Å². The Balaban J connectivity index is 1.95. The fraction of sp³-hybridized carbons (Fsp3) is 0.167.